The van der Waals surface area contributed by atoms with Crippen LogP contribution in [0.3, 0.4) is 0 Å². The van der Waals surface area contributed by atoms with Gasteiger partial charge >= 0.3 is 0 Å². The van der Waals surface area contributed by atoms with Crippen molar-refractivity contribution in [3.05, 3.63) is 11.8 Å². The lowest BCUT2D eigenvalue weighted by molar-refractivity contribution is 0.410. The van der Waals surface area contributed by atoms with E-state index in [0.29, 0.717) is 11.7 Å². The molecule has 3 nitrogen and oxygen atoms in total. The molecule has 1 aliphatic rings. The van der Waals surface area contributed by atoms with Gasteiger partial charge in [-0.2, -0.15) is 5.10 Å². The first-order valence-corrected chi connectivity index (χ1v) is 3.67. The summed E-state index contributed by atoms with van der Waals surface area (Å²) in [4.78, 5) is 0. The van der Waals surface area contributed by atoms with Crippen molar-refractivity contribution < 1.29 is 0 Å². The predicted octanol–water partition coefficient (Wildman–Crippen LogP) is 1.68. The first kappa shape index (κ1) is 8.40. The average Bonchev–Trinajstić information content (AvgIpc) is 2.10. The van der Waals surface area contributed by atoms with Gasteiger partial charge in [-0.3, -0.25) is 5.10 Å². The van der Waals surface area contributed by atoms with E-state index in [1.165, 1.54) is 25.0 Å². The minimum absolute atomic E-state index is 0. The lowest BCUT2D eigenvalue weighted by Gasteiger charge is -2.23. The summed E-state index contributed by atoms with van der Waals surface area (Å²) in [5.74, 6) is 1.33. The fourth-order valence-corrected chi connectivity index (χ4v) is 1.28. The quantitative estimate of drug-likeness (QED) is 0.679. The van der Waals surface area contributed by atoms with E-state index in [2.05, 4.69) is 10.2 Å². The Hall–Kier alpha value is -0.700. The van der Waals surface area contributed by atoms with Crippen molar-refractivity contribution in [2.75, 3.05) is 5.73 Å². The highest BCUT2D eigenvalue weighted by molar-refractivity contribution is 5.85. The van der Waals surface area contributed by atoms with Crippen molar-refractivity contribution in [2.45, 2.75) is 25.2 Å². The molecule has 1 aromatic rings. The molecule has 0 radical (unpaired) electrons. The summed E-state index contributed by atoms with van der Waals surface area (Å²) in [6, 6.07) is 1.93. The number of nitrogen functional groups attached to an aromatic ring is 1. The molecule has 0 saturated heterocycles. The van der Waals surface area contributed by atoms with E-state index in [9.17, 15) is 0 Å². The summed E-state index contributed by atoms with van der Waals surface area (Å²) in [5.41, 5.74) is 6.66. The molecule has 62 valence electrons. The molecule has 1 fully saturated rings. The van der Waals surface area contributed by atoms with Crippen LogP contribution in [-0.2, 0) is 0 Å². The van der Waals surface area contributed by atoms with Crippen molar-refractivity contribution in [3.63, 3.8) is 0 Å². The van der Waals surface area contributed by atoms with Gasteiger partial charge in [0.1, 0.15) is 5.82 Å². The molecule has 0 aliphatic heterocycles. The highest BCUT2D eigenvalue weighted by atomic mass is 35.5. The zero-order valence-corrected chi connectivity index (χ0v) is 7.03. The molecule has 0 spiro atoms. The van der Waals surface area contributed by atoms with Crippen molar-refractivity contribution >= 4 is 18.2 Å². The normalized spacial score (nSPS) is 17.1. The van der Waals surface area contributed by atoms with Gasteiger partial charge < -0.3 is 5.73 Å². The number of rotatable bonds is 1. The minimum Gasteiger partial charge on any atom is -0.382 e. The molecule has 2 rings (SSSR count). The second kappa shape index (κ2) is 3.13. The summed E-state index contributed by atoms with van der Waals surface area (Å²) in [6.07, 6.45) is 3.94. The van der Waals surface area contributed by atoms with Crippen LogP contribution in [0, 0.1) is 0 Å². The van der Waals surface area contributed by atoms with Gasteiger partial charge in [0.25, 0.3) is 0 Å². The third kappa shape index (κ3) is 1.48. The summed E-state index contributed by atoms with van der Waals surface area (Å²) in [7, 11) is 0. The van der Waals surface area contributed by atoms with Crippen LogP contribution in [0.25, 0.3) is 0 Å². The summed E-state index contributed by atoms with van der Waals surface area (Å²) in [5, 5.41) is 6.80. The van der Waals surface area contributed by atoms with E-state index in [0.717, 1.165) is 0 Å². The molecule has 4 heteroatoms. The molecule has 1 aliphatic carbocycles. The van der Waals surface area contributed by atoms with E-state index in [1.54, 1.807) is 0 Å². The molecular formula is C7H12ClN3. The smallest absolute Gasteiger partial charge is 0.145 e. The molecule has 0 amide bonds. The van der Waals surface area contributed by atoms with Gasteiger partial charge in [-0.15, -0.1) is 12.4 Å². The molecule has 0 aromatic carbocycles. The largest absolute Gasteiger partial charge is 0.382 e. The van der Waals surface area contributed by atoms with Crippen LogP contribution in [0.4, 0.5) is 5.82 Å². The van der Waals surface area contributed by atoms with Crippen molar-refractivity contribution in [1.29, 1.82) is 0 Å². The van der Waals surface area contributed by atoms with Crippen LogP contribution < -0.4 is 5.73 Å². The topological polar surface area (TPSA) is 54.7 Å². The number of nitrogens with one attached hydrogen (secondary N) is 1. The maximum Gasteiger partial charge on any atom is 0.145 e. The Bertz CT molecular complexity index is 229. The molecule has 11 heavy (non-hydrogen) atoms. The van der Waals surface area contributed by atoms with Gasteiger partial charge in [0.15, 0.2) is 0 Å². The SMILES string of the molecule is Cl.Nc1cc(C2CCC2)[nH]n1. The average molecular weight is 174 g/mol. The molecule has 0 bridgehead atoms. The lowest BCUT2D eigenvalue weighted by Crippen LogP contribution is -2.08. The van der Waals surface area contributed by atoms with Crippen molar-refractivity contribution in [1.82, 2.24) is 10.2 Å². The van der Waals surface area contributed by atoms with E-state index >= 15 is 0 Å². The molecule has 3 N–H and O–H groups in total. The fourth-order valence-electron chi connectivity index (χ4n) is 1.28. The van der Waals surface area contributed by atoms with Crippen molar-refractivity contribution in [3.8, 4) is 0 Å². The third-order valence-corrected chi connectivity index (χ3v) is 2.16. The van der Waals surface area contributed by atoms with E-state index in [1.807, 2.05) is 6.07 Å². The second-order valence-electron chi connectivity index (χ2n) is 2.88. The molecule has 1 aromatic heterocycles. The summed E-state index contributed by atoms with van der Waals surface area (Å²) < 4.78 is 0. The number of aromatic nitrogens is 2. The molecule has 1 saturated carbocycles. The zero-order chi connectivity index (χ0) is 6.97. The monoisotopic (exact) mass is 173 g/mol. The van der Waals surface area contributed by atoms with Crippen LogP contribution >= 0.6 is 12.4 Å². The Morgan fingerprint density at radius 1 is 1.55 bits per heavy atom. The number of nitrogens with zero attached hydrogens (tertiary/aromatic N) is 1. The van der Waals surface area contributed by atoms with Gasteiger partial charge in [-0.1, -0.05) is 6.42 Å². The minimum atomic E-state index is 0. The number of nitrogens with two attached hydrogens (primary N) is 1. The van der Waals surface area contributed by atoms with Crippen LogP contribution in [0.1, 0.15) is 30.9 Å². The first-order valence-electron chi connectivity index (χ1n) is 3.67. The number of anilines is 1. The molecule has 0 atom stereocenters. The van der Waals surface area contributed by atoms with Crippen LogP contribution in [0.15, 0.2) is 6.07 Å². The Morgan fingerprint density at radius 3 is 2.64 bits per heavy atom. The van der Waals surface area contributed by atoms with Gasteiger partial charge in [-0.25, -0.2) is 0 Å². The standard InChI is InChI=1S/C7H11N3.ClH/c8-7-4-6(9-10-7)5-2-1-3-5;/h4-5H,1-3H2,(H3,8,9,10);1H. The van der Waals surface area contributed by atoms with Crippen LogP contribution in [0.2, 0.25) is 0 Å². The summed E-state index contributed by atoms with van der Waals surface area (Å²) in [6.45, 7) is 0. The van der Waals surface area contributed by atoms with Gasteiger partial charge in [-0.05, 0) is 12.8 Å². The van der Waals surface area contributed by atoms with E-state index in [-0.39, 0.29) is 12.4 Å². The molecule has 1 heterocycles. The number of H-pyrrole nitrogens is 1. The number of halogens is 1. The molecule has 0 unspecified atom stereocenters. The first-order chi connectivity index (χ1) is 4.86. The predicted molar refractivity (Wildman–Crippen MR) is 46.8 cm³/mol. The molecular weight excluding hydrogens is 162 g/mol. The second-order valence-corrected chi connectivity index (χ2v) is 2.88. The Kier molecular flexibility index (Phi) is 2.39. The van der Waals surface area contributed by atoms with E-state index < -0.39 is 0 Å². The van der Waals surface area contributed by atoms with Crippen LogP contribution in [-0.4, -0.2) is 10.2 Å². The van der Waals surface area contributed by atoms with Crippen molar-refractivity contribution in [2.24, 2.45) is 0 Å². The maximum absolute atomic E-state index is 5.45. The number of hydrogen-bond acceptors (Lipinski definition) is 2. The Balaban J connectivity index is 0.000000605. The fraction of sp³-hybridized carbons (Fsp3) is 0.571. The highest BCUT2D eigenvalue weighted by Crippen LogP contribution is 2.35. The Labute approximate surface area is 71.8 Å². The lowest BCUT2D eigenvalue weighted by atomic mass is 9.83. The summed E-state index contributed by atoms with van der Waals surface area (Å²) >= 11 is 0. The zero-order valence-electron chi connectivity index (χ0n) is 6.21. The van der Waals surface area contributed by atoms with E-state index in [4.69, 9.17) is 5.73 Å². The number of hydrogen-bond donors (Lipinski definition) is 2. The maximum atomic E-state index is 5.45. The van der Waals surface area contributed by atoms with Gasteiger partial charge in [0.2, 0.25) is 0 Å². The van der Waals surface area contributed by atoms with Gasteiger partial charge in [0.05, 0.1) is 0 Å². The number of aromatic amines is 1. The Morgan fingerprint density at radius 2 is 2.27 bits per heavy atom. The third-order valence-electron chi connectivity index (χ3n) is 2.16. The van der Waals surface area contributed by atoms with Crippen LogP contribution in [0.5, 0.6) is 0 Å². The van der Waals surface area contributed by atoms with Gasteiger partial charge in [0, 0.05) is 17.7 Å². The highest BCUT2D eigenvalue weighted by Gasteiger charge is 2.20.